The van der Waals surface area contributed by atoms with Crippen LogP contribution in [0.2, 0.25) is 0 Å². The van der Waals surface area contributed by atoms with Crippen molar-refractivity contribution in [2.45, 2.75) is 51.7 Å². The molecule has 1 aliphatic carbocycles. The van der Waals surface area contributed by atoms with Crippen LogP contribution in [0.15, 0.2) is 42.6 Å². The van der Waals surface area contributed by atoms with Crippen molar-refractivity contribution in [3.8, 4) is 11.1 Å². The predicted molar refractivity (Wildman–Crippen MR) is 107 cm³/mol. The van der Waals surface area contributed by atoms with Crippen molar-refractivity contribution in [1.29, 1.82) is 0 Å². The fourth-order valence-electron chi connectivity index (χ4n) is 4.21. The number of aryl methyl sites for hydroxylation is 1. The lowest BCUT2D eigenvalue weighted by Crippen LogP contribution is -2.20. The molecule has 1 fully saturated rings. The molecule has 4 rings (SSSR count). The molecule has 1 N–H and O–H groups in total. The highest BCUT2D eigenvalue weighted by molar-refractivity contribution is 5.99. The van der Waals surface area contributed by atoms with E-state index in [1.807, 2.05) is 12.1 Å². The summed E-state index contributed by atoms with van der Waals surface area (Å²) in [7, 11) is 0. The molecule has 1 heterocycles. The normalized spacial score (nSPS) is 20.2. The molecule has 2 aromatic carbocycles. The fourth-order valence-corrected chi connectivity index (χ4v) is 4.21. The molecule has 0 aliphatic heterocycles. The Bertz CT molecular complexity index is 1000. The maximum absolute atomic E-state index is 9.86. The minimum Gasteiger partial charge on any atom is -0.393 e. The Kier molecular flexibility index (Phi) is 4.30. The van der Waals surface area contributed by atoms with Crippen LogP contribution in [-0.2, 0) is 0 Å². The average molecular weight is 344 g/mol. The van der Waals surface area contributed by atoms with Gasteiger partial charge in [-0.15, -0.1) is 0 Å². The predicted octanol–water partition coefficient (Wildman–Crippen LogP) is 5.95. The Hall–Kier alpha value is -2.57. The van der Waals surface area contributed by atoms with Gasteiger partial charge in [0.15, 0.2) is 5.69 Å². The lowest BCUT2D eigenvalue weighted by molar-refractivity contribution is 0.111. The van der Waals surface area contributed by atoms with Gasteiger partial charge in [-0.25, -0.2) is 4.85 Å². The van der Waals surface area contributed by atoms with Gasteiger partial charge in [0, 0.05) is 23.3 Å². The summed E-state index contributed by atoms with van der Waals surface area (Å²) in [4.78, 5) is 3.63. The molecular weight excluding hydrogens is 320 g/mol. The first-order valence-corrected chi connectivity index (χ1v) is 9.35. The quantitative estimate of drug-likeness (QED) is 0.572. The van der Waals surface area contributed by atoms with Crippen LogP contribution in [-0.4, -0.2) is 15.8 Å². The van der Waals surface area contributed by atoms with Crippen LogP contribution in [0.5, 0.6) is 0 Å². The van der Waals surface area contributed by atoms with Crippen LogP contribution in [0.4, 0.5) is 5.69 Å². The van der Waals surface area contributed by atoms with Crippen molar-refractivity contribution >= 4 is 16.6 Å². The van der Waals surface area contributed by atoms with Crippen LogP contribution in [0.1, 0.15) is 42.9 Å². The summed E-state index contributed by atoms with van der Waals surface area (Å²) in [6.07, 6.45) is 5.85. The molecule has 1 aromatic heterocycles. The number of aliphatic hydroxyl groups excluding tert-OH is 1. The summed E-state index contributed by atoms with van der Waals surface area (Å²) in [5.74, 6) is 0. The van der Waals surface area contributed by atoms with E-state index in [1.165, 1.54) is 27.8 Å². The minimum absolute atomic E-state index is 0.153. The van der Waals surface area contributed by atoms with Crippen molar-refractivity contribution < 1.29 is 5.11 Å². The zero-order chi connectivity index (χ0) is 18.3. The van der Waals surface area contributed by atoms with Gasteiger partial charge in [-0.3, -0.25) is 0 Å². The molecule has 0 radical (unpaired) electrons. The van der Waals surface area contributed by atoms with Crippen molar-refractivity contribution in [3.63, 3.8) is 0 Å². The van der Waals surface area contributed by atoms with Gasteiger partial charge < -0.3 is 9.67 Å². The molecular formula is C23H24N2O. The van der Waals surface area contributed by atoms with Crippen LogP contribution >= 0.6 is 0 Å². The van der Waals surface area contributed by atoms with Gasteiger partial charge in [0.1, 0.15) is 0 Å². The van der Waals surface area contributed by atoms with Gasteiger partial charge in [0.25, 0.3) is 0 Å². The van der Waals surface area contributed by atoms with E-state index < -0.39 is 0 Å². The number of rotatable bonds is 2. The van der Waals surface area contributed by atoms with Crippen molar-refractivity contribution in [2.75, 3.05) is 0 Å². The number of aromatic nitrogens is 1. The van der Waals surface area contributed by atoms with Gasteiger partial charge in [-0.2, -0.15) is 0 Å². The number of fused-ring (bicyclic) bond motifs is 1. The Morgan fingerprint density at radius 3 is 2.54 bits per heavy atom. The zero-order valence-electron chi connectivity index (χ0n) is 15.4. The van der Waals surface area contributed by atoms with Gasteiger partial charge in [-0.1, -0.05) is 24.3 Å². The molecule has 0 saturated heterocycles. The molecule has 0 amide bonds. The number of hydrogen-bond acceptors (Lipinski definition) is 1. The molecule has 3 nitrogen and oxygen atoms in total. The second kappa shape index (κ2) is 6.63. The fraction of sp³-hybridized carbons (Fsp3) is 0.348. The second-order valence-electron chi connectivity index (χ2n) is 7.47. The van der Waals surface area contributed by atoms with Crippen LogP contribution in [0, 0.1) is 20.4 Å². The largest absolute Gasteiger partial charge is 0.393 e. The molecule has 0 bridgehead atoms. The highest BCUT2D eigenvalue weighted by Gasteiger charge is 2.23. The average Bonchev–Trinajstić information content (AvgIpc) is 3.03. The van der Waals surface area contributed by atoms with Gasteiger partial charge in [0.2, 0.25) is 0 Å². The Labute approximate surface area is 154 Å². The highest BCUT2D eigenvalue weighted by atomic mass is 16.3. The first kappa shape index (κ1) is 16.9. The first-order chi connectivity index (χ1) is 12.6. The van der Waals surface area contributed by atoms with E-state index in [-0.39, 0.29) is 6.10 Å². The summed E-state index contributed by atoms with van der Waals surface area (Å²) in [5, 5.41) is 11.0. The molecule has 1 saturated carbocycles. The number of hydrogen-bond donors (Lipinski definition) is 1. The van der Waals surface area contributed by atoms with E-state index in [0.717, 1.165) is 31.1 Å². The maximum Gasteiger partial charge on any atom is 0.188 e. The Balaban J connectivity index is 1.92. The summed E-state index contributed by atoms with van der Waals surface area (Å²) >= 11 is 0. The first-order valence-electron chi connectivity index (χ1n) is 9.35. The SMILES string of the molecule is [C-]#[N+]c1ccc2c(c1)c(-c1cccc(C)c1C)cn2C1CCC(O)CC1. The third kappa shape index (κ3) is 2.81. The molecule has 1 aliphatic rings. The summed E-state index contributed by atoms with van der Waals surface area (Å²) in [5.41, 5.74) is 6.89. The summed E-state index contributed by atoms with van der Waals surface area (Å²) < 4.78 is 2.38. The van der Waals surface area contributed by atoms with E-state index in [0.29, 0.717) is 11.7 Å². The minimum atomic E-state index is -0.153. The van der Waals surface area contributed by atoms with E-state index in [4.69, 9.17) is 6.57 Å². The van der Waals surface area contributed by atoms with Crippen LogP contribution in [0.3, 0.4) is 0 Å². The smallest absolute Gasteiger partial charge is 0.188 e. The number of benzene rings is 2. The molecule has 0 spiro atoms. The standard InChI is InChI=1S/C23H24N2O/c1-15-5-4-6-20(16(15)2)22-14-25(18-8-10-19(26)11-9-18)23-12-7-17(24-3)13-21(22)23/h4-7,12-14,18-19,26H,8-11H2,1-2H3. The second-order valence-corrected chi connectivity index (χ2v) is 7.47. The van der Waals surface area contributed by atoms with Crippen molar-refractivity contribution in [3.05, 3.63) is 65.1 Å². The lowest BCUT2D eigenvalue weighted by atomic mass is 9.93. The van der Waals surface area contributed by atoms with E-state index >= 15 is 0 Å². The van der Waals surface area contributed by atoms with E-state index in [2.05, 4.69) is 53.7 Å². The van der Waals surface area contributed by atoms with Crippen LogP contribution < -0.4 is 0 Å². The lowest BCUT2D eigenvalue weighted by Gasteiger charge is -2.27. The van der Waals surface area contributed by atoms with Gasteiger partial charge >= 0.3 is 0 Å². The third-order valence-corrected chi connectivity index (χ3v) is 5.90. The topological polar surface area (TPSA) is 29.5 Å². The molecule has 26 heavy (non-hydrogen) atoms. The third-order valence-electron chi connectivity index (χ3n) is 5.90. The molecule has 3 aromatic rings. The summed E-state index contributed by atoms with van der Waals surface area (Å²) in [6.45, 7) is 11.7. The zero-order valence-corrected chi connectivity index (χ0v) is 15.4. The van der Waals surface area contributed by atoms with Gasteiger partial charge in [0.05, 0.1) is 12.7 Å². The molecule has 3 heteroatoms. The maximum atomic E-state index is 9.86. The Morgan fingerprint density at radius 1 is 1.04 bits per heavy atom. The molecule has 0 atom stereocenters. The van der Waals surface area contributed by atoms with E-state index in [1.54, 1.807) is 0 Å². The number of aliphatic hydroxyl groups is 1. The van der Waals surface area contributed by atoms with Crippen molar-refractivity contribution in [2.24, 2.45) is 0 Å². The Morgan fingerprint density at radius 2 is 1.81 bits per heavy atom. The van der Waals surface area contributed by atoms with Gasteiger partial charge in [-0.05, 0) is 73.7 Å². The molecule has 0 unspecified atom stereocenters. The summed E-state index contributed by atoms with van der Waals surface area (Å²) in [6, 6.07) is 12.9. The monoisotopic (exact) mass is 344 g/mol. The number of nitrogens with zero attached hydrogens (tertiary/aromatic N) is 2. The molecule has 132 valence electrons. The van der Waals surface area contributed by atoms with E-state index in [9.17, 15) is 5.11 Å². The highest BCUT2D eigenvalue weighted by Crippen LogP contribution is 2.39. The van der Waals surface area contributed by atoms with Crippen molar-refractivity contribution in [1.82, 2.24) is 4.57 Å². The van der Waals surface area contributed by atoms with Crippen LogP contribution in [0.25, 0.3) is 26.9 Å².